The fraction of sp³-hybridized carbons (Fsp3) is 0.360. The van der Waals surface area contributed by atoms with Gasteiger partial charge in [0.1, 0.15) is 18.1 Å². The van der Waals surface area contributed by atoms with Crippen LogP contribution in [0.3, 0.4) is 0 Å². The third-order valence-corrected chi connectivity index (χ3v) is 5.14. The highest BCUT2D eigenvalue weighted by Crippen LogP contribution is 2.29. The van der Waals surface area contributed by atoms with Crippen molar-refractivity contribution in [2.45, 2.75) is 32.0 Å². The molecule has 0 saturated carbocycles. The molecule has 0 aromatic heterocycles. The first-order chi connectivity index (χ1) is 16.9. The second kappa shape index (κ2) is 14.6. The summed E-state index contributed by atoms with van der Waals surface area (Å²) in [7, 11) is 3.07. The van der Waals surface area contributed by atoms with Gasteiger partial charge in [0, 0.05) is 18.4 Å². The van der Waals surface area contributed by atoms with Gasteiger partial charge in [-0.25, -0.2) is 10.3 Å². The molecule has 0 saturated heterocycles. The normalized spacial score (nSPS) is 12.9. The maximum Gasteiger partial charge on any atom is 0.412 e. The molecule has 0 aliphatic rings. The number of rotatable bonds is 13. The molecule has 2 amide bonds. The lowest BCUT2D eigenvalue weighted by molar-refractivity contribution is -0.125. The highest BCUT2D eigenvalue weighted by Gasteiger charge is 2.27. The molecule has 2 atom stereocenters. The molecule has 2 rings (SSSR count). The van der Waals surface area contributed by atoms with E-state index in [1.807, 2.05) is 0 Å². The molecule has 0 bridgehead atoms. The van der Waals surface area contributed by atoms with Crippen LogP contribution in [0.2, 0.25) is 0 Å². The van der Waals surface area contributed by atoms with Gasteiger partial charge in [0.15, 0.2) is 6.10 Å². The van der Waals surface area contributed by atoms with E-state index in [0.717, 1.165) is 0 Å². The Labute approximate surface area is 204 Å². The smallest absolute Gasteiger partial charge is 0.412 e. The first kappa shape index (κ1) is 27.6. The number of carbonyl (C=O) groups excluding carboxylic acids is 2. The maximum atomic E-state index is 12.7. The van der Waals surface area contributed by atoms with Crippen LogP contribution in [0, 0.1) is 0 Å². The Hall–Kier alpha value is -3.60. The lowest BCUT2D eigenvalue weighted by Crippen LogP contribution is -2.28. The van der Waals surface area contributed by atoms with Crippen LogP contribution in [-0.4, -0.2) is 55.9 Å². The fourth-order valence-corrected chi connectivity index (χ4v) is 3.25. The molecule has 0 spiro atoms. The molecule has 0 heterocycles. The van der Waals surface area contributed by atoms with Crippen LogP contribution < -0.4 is 20.3 Å². The molecule has 10 nitrogen and oxygen atoms in total. The highest BCUT2D eigenvalue weighted by molar-refractivity contribution is 5.91. The Morgan fingerprint density at radius 1 is 1.03 bits per heavy atom. The molecule has 190 valence electrons. The number of aliphatic hydroxyl groups excluding tert-OH is 1. The van der Waals surface area contributed by atoms with Crippen molar-refractivity contribution in [1.82, 2.24) is 5.48 Å². The minimum Gasteiger partial charge on any atom is -0.497 e. The van der Waals surface area contributed by atoms with Gasteiger partial charge in [0.05, 0.1) is 19.8 Å². The number of amides is 2. The first-order valence-electron chi connectivity index (χ1n) is 11.0. The molecule has 0 aliphatic carbocycles. The van der Waals surface area contributed by atoms with E-state index in [4.69, 9.17) is 29.3 Å². The molecule has 2 aromatic rings. The topological polar surface area (TPSA) is 136 Å². The minimum absolute atomic E-state index is 0.105. The molecule has 4 N–H and O–H groups in total. The summed E-state index contributed by atoms with van der Waals surface area (Å²) >= 11 is 0. The van der Waals surface area contributed by atoms with E-state index in [1.165, 1.54) is 7.11 Å². The van der Waals surface area contributed by atoms with E-state index < -0.39 is 24.2 Å². The molecule has 2 aromatic carbocycles. The number of hydroxylamine groups is 1. The summed E-state index contributed by atoms with van der Waals surface area (Å²) in [5.74, 6) is 0.624. The molecule has 0 radical (unpaired) electrons. The Morgan fingerprint density at radius 2 is 1.69 bits per heavy atom. The largest absolute Gasteiger partial charge is 0.497 e. The number of benzene rings is 2. The Morgan fingerprint density at radius 3 is 2.26 bits per heavy atom. The second-order valence-electron chi connectivity index (χ2n) is 7.50. The molecular weight excluding hydrogens is 456 g/mol. The molecule has 0 unspecified atom stereocenters. The lowest BCUT2D eigenvalue weighted by Gasteiger charge is -2.26. The summed E-state index contributed by atoms with van der Waals surface area (Å²) in [4.78, 5) is 24.2. The lowest BCUT2D eigenvalue weighted by atomic mass is 9.99. The zero-order valence-electron chi connectivity index (χ0n) is 20.0. The standard InChI is InChI=1S/C25H32N2O8/c1-17(24(29)27-31)5-4-6-22(33-3)23(18-7-11-21(12-8-18)34-16-15-28)35-25(30)26-19-9-13-20(32-2)14-10-19/h5,7-14,22-23,28,31H,4,6,15-16H2,1-3H3,(H,26,30)(H,27,29)/b17-5+/t22-,23-/m0/s1. The Balaban J connectivity index is 2.19. The number of nitrogens with one attached hydrogen (secondary N) is 2. The number of anilines is 1. The summed E-state index contributed by atoms with van der Waals surface area (Å²) < 4.78 is 21.9. The molecule has 0 fully saturated rings. The summed E-state index contributed by atoms with van der Waals surface area (Å²) in [6, 6.07) is 13.7. The summed E-state index contributed by atoms with van der Waals surface area (Å²) in [6.45, 7) is 1.64. The highest BCUT2D eigenvalue weighted by atomic mass is 16.6. The van der Waals surface area contributed by atoms with Crippen LogP contribution >= 0.6 is 0 Å². The zero-order chi connectivity index (χ0) is 25.6. The third kappa shape index (κ3) is 8.93. The van der Waals surface area contributed by atoms with E-state index >= 15 is 0 Å². The van der Waals surface area contributed by atoms with Crippen LogP contribution in [0.4, 0.5) is 10.5 Å². The number of ether oxygens (including phenoxy) is 4. The number of hydrogen-bond acceptors (Lipinski definition) is 8. The average Bonchev–Trinajstić information content (AvgIpc) is 2.89. The second-order valence-corrected chi connectivity index (χ2v) is 7.50. The van der Waals surface area contributed by atoms with Crippen molar-refractivity contribution in [3.8, 4) is 11.5 Å². The van der Waals surface area contributed by atoms with Crippen LogP contribution in [0.25, 0.3) is 0 Å². The van der Waals surface area contributed by atoms with E-state index in [1.54, 1.807) is 74.1 Å². The van der Waals surface area contributed by atoms with Gasteiger partial charge in [-0.15, -0.1) is 0 Å². The van der Waals surface area contributed by atoms with Crippen LogP contribution in [-0.2, 0) is 14.3 Å². The summed E-state index contributed by atoms with van der Waals surface area (Å²) in [6.07, 6.45) is 0.546. The van der Waals surface area contributed by atoms with Crippen molar-refractivity contribution in [1.29, 1.82) is 0 Å². The average molecular weight is 489 g/mol. The van der Waals surface area contributed by atoms with Crippen molar-refractivity contribution in [2.75, 3.05) is 32.8 Å². The molecule has 35 heavy (non-hydrogen) atoms. The van der Waals surface area contributed by atoms with Gasteiger partial charge in [-0.2, -0.15) is 0 Å². The zero-order valence-corrected chi connectivity index (χ0v) is 20.0. The Bertz CT molecular complexity index is 960. The van der Waals surface area contributed by atoms with Crippen LogP contribution in [0.1, 0.15) is 31.4 Å². The van der Waals surface area contributed by atoms with Gasteiger partial charge >= 0.3 is 6.09 Å². The number of allylic oxidation sites excluding steroid dienone is 1. The predicted molar refractivity (Wildman–Crippen MR) is 129 cm³/mol. The van der Waals surface area contributed by atoms with Gasteiger partial charge < -0.3 is 24.1 Å². The maximum absolute atomic E-state index is 12.7. The van der Waals surface area contributed by atoms with Crippen molar-refractivity contribution < 1.29 is 38.9 Å². The van der Waals surface area contributed by atoms with Gasteiger partial charge in [0.2, 0.25) is 0 Å². The van der Waals surface area contributed by atoms with E-state index in [-0.39, 0.29) is 13.2 Å². The third-order valence-electron chi connectivity index (χ3n) is 5.14. The van der Waals surface area contributed by atoms with Crippen molar-refractivity contribution in [3.05, 3.63) is 65.7 Å². The van der Waals surface area contributed by atoms with Gasteiger partial charge in [0.25, 0.3) is 5.91 Å². The SMILES string of the molecule is COc1ccc(NC(=O)O[C@@H](c2ccc(OCCO)cc2)[C@H](CC/C=C(\C)C(=O)NO)OC)cc1. The molecule has 10 heteroatoms. The Kier molecular flexibility index (Phi) is 11.5. The number of hydrogen-bond donors (Lipinski definition) is 4. The van der Waals surface area contributed by atoms with E-state index in [9.17, 15) is 9.59 Å². The van der Waals surface area contributed by atoms with E-state index in [0.29, 0.717) is 41.2 Å². The van der Waals surface area contributed by atoms with Crippen molar-refractivity contribution >= 4 is 17.7 Å². The molecular formula is C25H32N2O8. The predicted octanol–water partition coefficient (Wildman–Crippen LogP) is 3.60. The van der Waals surface area contributed by atoms with Crippen LogP contribution in [0.15, 0.2) is 60.2 Å². The van der Waals surface area contributed by atoms with Crippen molar-refractivity contribution in [2.24, 2.45) is 0 Å². The van der Waals surface area contributed by atoms with Crippen LogP contribution in [0.5, 0.6) is 11.5 Å². The van der Waals surface area contributed by atoms with E-state index in [2.05, 4.69) is 5.32 Å². The fourth-order valence-electron chi connectivity index (χ4n) is 3.25. The number of aliphatic hydroxyl groups is 1. The van der Waals surface area contributed by atoms with Gasteiger partial charge in [-0.05, 0) is 61.7 Å². The first-order valence-corrected chi connectivity index (χ1v) is 11.0. The summed E-state index contributed by atoms with van der Waals surface area (Å²) in [5.41, 5.74) is 3.15. The summed E-state index contributed by atoms with van der Waals surface area (Å²) in [5, 5.41) is 20.4. The number of carbonyl (C=O) groups is 2. The molecule has 0 aliphatic heterocycles. The van der Waals surface area contributed by atoms with Gasteiger partial charge in [-0.3, -0.25) is 15.3 Å². The quantitative estimate of drug-likeness (QED) is 0.191. The number of methoxy groups -OCH3 is 2. The monoisotopic (exact) mass is 488 g/mol. The minimum atomic E-state index is -0.773. The van der Waals surface area contributed by atoms with Crippen molar-refractivity contribution in [3.63, 3.8) is 0 Å². The van der Waals surface area contributed by atoms with Gasteiger partial charge in [-0.1, -0.05) is 18.2 Å².